The molecule has 0 N–H and O–H groups in total. The third-order valence-corrected chi connectivity index (χ3v) is 4.65. The first-order chi connectivity index (χ1) is 8.76. The summed E-state index contributed by atoms with van der Waals surface area (Å²) in [6.07, 6.45) is 0. The van der Waals surface area contributed by atoms with Gasteiger partial charge in [0, 0.05) is 19.8 Å². The molecule has 0 aromatic heterocycles. The summed E-state index contributed by atoms with van der Waals surface area (Å²) in [4.78, 5) is 0. The summed E-state index contributed by atoms with van der Waals surface area (Å²) in [5.41, 5.74) is 1.08. The van der Waals surface area contributed by atoms with Crippen molar-refractivity contribution in [3.8, 4) is 0 Å². The molecular weight excluding hydrogens is 248 g/mol. The van der Waals surface area contributed by atoms with Crippen LogP contribution in [0.5, 0.6) is 0 Å². The van der Waals surface area contributed by atoms with Crippen molar-refractivity contribution in [1.29, 1.82) is 0 Å². The van der Waals surface area contributed by atoms with Gasteiger partial charge in [0.05, 0.1) is 6.61 Å². The monoisotopic (exact) mass is 270 g/mol. The Balaban J connectivity index is 2.64. The van der Waals surface area contributed by atoms with E-state index >= 15 is 0 Å². The quantitative estimate of drug-likeness (QED) is 0.647. The molecule has 0 bridgehead atoms. The zero-order chi connectivity index (χ0) is 13.3. The lowest BCUT2D eigenvalue weighted by molar-refractivity contribution is -0.0319. The zero-order valence-corrected chi connectivity index (χ0v) is 12.3. The summed E-state index contributed by atoms with van der Waals surface area (Å²) in [5.74, 6) is 0. The second-order valence-corrected chi connectivity index (χ2v) is 5.73. The fraction of sp³-hybridized carbons (Fsp3) is 0.538. The Hall–Kier alpha value is -0.723. The summed E-state index contributed by atoms with van der Waals surface area (Å²) < 4.78 is 22.6. The number of hydrogen-bond donors (Lipinski definition) is 0. The van der Waals surface area contributed by atoms with E-state index in [0.29, 0.717) is 26.4 Å². The Labute approximate surface area is 110 Å². The molecule has 0 heterocycles. The highest BCUT2D eigenvalue weighted by atomic mass is 28.4. The molecule has 0 amide bonds. The maximum absolute atomic E-state index is 5.81. The molecule has 102 valence electrons. The molecular formula is C13H22O4Si. The minimum absolute atomic E-state index is 0.438. The Morgan fingerprint density at radius 3 is 1.72 bits per heavy atom. The van der Waals surface area contributed by atoms with Crippen molar-refractivity contribution in [2.75, 3.05) is 19.8 Å². The van der Waals surface area contributed by atoms with Crippen molar-refractivity contribution in [2.45, 2.75) is 27.4 Å². The van der Waals surface area contributed by atoms with E-state index in [-0.39, 0.29) is 0 Å². The van der Waals surface area contributed by atoms with Gasteiger partial charge in [0.25, 0.3) is 0 Å². The molecule has 0 unspecified atom stereocenters. The number of rotatable bonds is 9. The lowest BCUT2D eigenvalue weighted by Crippen LogP contribution is -2.49. The topological polar surface area (TPSA) is 36.9 Å². The van der Waals surface area contributed by atoms with E-state index in [1.807, 2.05) is 51.1 Å². The lowest BCUT2D eigenvalue weighted by atomic mass is 10.2. The smallest absolute Gasteiger partial charge is 0.351 e. The van der Waals surface area contributed by atoms with E-state index in [0.717, 1.165) is 5.56 Å². The molecule has 5 heteroatoms. The maximum Gasteiger partial charge on any atom is 0.679 e. The van der Waals surface area contributed by atoms with Crippen molar-refractivity contribution in [1.82, 2.24) is 0 Å². The molecule has 0 radical (unpaired) electrons. The zero-order valence-electron chi connectivity index (χ0n) is 11.3. The Morgan fingerprint density at radius 2 is 1.28 bits per heavy atom. The standard InChI is InChI=1S/C13H22O4Si/c1-4-14-18(15-5-2,16-6-3)17-12-13-10-8-7-9-11-13/h7-11H,4-6,12H2,1-3H3. The molecule has 1 rings (SSSR count). The van der Waals surface area contributed by atoms with Gasteiger partial charge in [-0.05, 0) is 26.3 Å². The summed E-state index contributed by atoms with van der Waals surface area (Å²) >= 11 is 0. The van der Waals surface area contributed by atoms with Crippen molar-refractivity contribution >= 4 is 9.05 Å². The summed E-state index contributed by atoms with van der Waals surface area (Å²) in [7, 11) is -2.98. The van der Waals surface area contributed by atoms with Crippen molar-refractivity contribution in [3.63, 3.8) is 0 Å². The van der Waals surface area contributed by atoms with Crippen LogP contribution in [0.2, 0.25) is 0 Å². The van der Waals surface area contributed by atoms with E-state index in [4.69, 9.17) is 17.7 Å². The molecule has 1 aromatic carbocycles. The van der Waals surface area contributed by atoms with Crippen LogP contribution in [0.15, 0.2) is 30.3 Å². The van der Waals surface area contributed by atoms with Crippen LogP contribution in [0, 0.1) is 0 Å². The Morgan fingerprint density at radius 1 is 0.778 bits per heavy atom. The third kappa shape index (κ3) is 4.87. The molecule has 0 aliphatic rings. The van der Waals surface area contributed by atoms with Crippen LogP contribution in [-0.4, -0.2) is 28.9 Å². The van der Waals surface area contributed by atoms with Crippen LogP contribution in [0.1, 0.15) is 26.3 Å². The number of hydrogen-bond acceptors (Lipinski definition) is 4. The summed E-state index contributed by atoms with van der Waals surface area (Å²) in [5, 5.41) is 0. The van der Waals surface area contributed by atoms with E-state index in [1.54, 1.807) is 0 Å². The molecule has 0 spiro atoms. The molecule has 0 aliphatic heterocycles. The van der Waals surface area contributed by atoms with Gasteiger partial charge in [-0.15, -0.1) is 0 Å². The van der Waals surface area contributed by atoms with Gasteiger partial charge >= 0.3 is 9.05 Å². The van der Waals surface area contributed by atoms with Gasteiger partial charge < -0.3 is 17.7 Å². The molecule has 4 nitrogen and oxygen atoms in total. The molecule has 0 fully saturated rings. The SMILES string of the molecule is CCO[Si](OCC)(OCC)OCc1ccccc1. The molecule has 1 aromatic rings. The van der Waals surface area contributed by atoms with Crippen LogP contribution in [0.25, 0.3) is 0 Å². The highest BCUT2D eigenvalue weighted by Crippen LogP contribution is 2.15. The molecule has 0 atom stereocenters. The largest absolute Gasteiger partial charge is 0.679 e. The van der Waals surface area contributed by atoms with Gasteiger partial charge in [-0.1, -0.05) is 30.3 Å². The van der Waals surface area contributed by atoms with Crippen LogP contribution in [0.4, 0.5) is 0 Å². The fourth-order valence-corrected chi connectivity index (χ4v) is 3.43. The van der Waals surface area contributed by atoms with Crippen LogP contribution in [0.3, 0.4) is 0 Å². The summed E-state index contributed by atoms with van der Waals surface area (Å²) in [6.45, 7) is 7.71. The molecule has 0 saturated carbocycles. The lowest BCUT2D eigenvalue weighted by Gasteiger charge is -2.26. The van der Waals surface area contributed by atoms with Gasteiger partial charge in [0.15, 0.2) is 0 Å². The highest BCUT2D eigenvalue weighted by molar-refractivity contribution is 6.53. The predicted octanol–water partition coefficient (Wildman–Crippen LogP) is 2.75. The minimum Gasteiger partial charge on any atom is -0.351 e. The molecule has 18 heavy (non-hydrogen) atoms. The average molecular weight is 270 g/mol. The number of benzene rings is 1. The third-order valence-electron chi connectivity index (χ3n) is 2.22. The normalized spacial score (nSPS) is 11.7. The minimum atomic E-state index is -2.98. The predicted molar refractivity (Wildman–Crippen MR) is 71.9 cm³/mol. The first-order valence-electron chi connectivity index (χ1n) is 6.36. The van der Waals surface area contributed by atoms with Gasteiger partial charge in [-0.3, -0.25) is 0 Å². The summed E-state index contributed by atoms with van der Waals surface area (Å²) in [6, 6.07) is 9.93. The van der Waals surface area contributed by atoms with Crippen molar-refractivity contribution < 1.29 is 17.7 Å². The first kappa shape index (κ1) is 15.3. The second kappa shape index (κ2) is 8.39. The van der Waals surface area contributed by atoms with E-state index in [2.05, 4.69) is 0 Å². The first-order valence-corrected chi connectivity index (χ1v) is 7.99. The van der Waals surface area contributed by atoms with Crippen LogP contribution < -0.4 is 0 Å². The Bertz CT molecular complexity index is 301. The van der Waals surface area contributed by atoms with E-state index in [1.165, 1.54) is 0 Å². The second-order valence-electron chi connectivity index (χ2n) is 3.57. The average Bonchev–Trinajstić information content (AvgIpc) is 2.39. The highest BCUT2D eigenvalue weighted by Gasteiger charge is 2.44. The van der Waals surface area contributed by atoms with Gasteiger partial charge in [0.1, 0.15) is 0 Å². The van der Waals surface area contributed by atoms with Gasteiger partial charge in [-0.25, -0.2) is 0 Å². The van der Waals surface area contributed by atoms with Crippen LogP contribution in [-0.2, 0) is 24.3 Å². The maximum atomic E-state index is 5.81. The van der Waals surface area contributed by atoms with E-state index in [9.17, 15) is 0 Å². The molecule has 0 aliphatic carbocycles. The van der Waals surface area contributed by atoms with E-state index < -0.39 is 9.05 Å². The van der Waals surface area contributed by atoms with Crippen molar-refractivity contribution in [3.05, 3.63) is 35.9 Å². The van der Waals surface area contributed by atoms with Crippen molar-refractivity contribution in [2.24, 2.45) is 0 Å². The van der Waals surface area contributed by atoms with Gasteiger partial charge in [0.2, 0.25) is 0 Å². The fourth-order valence-electron chi connectivity index (χ4n) is 1.53. The van der Waals surface area contributed by atoms with Gasteiger partial charge in [-0.2, -0.15) is 0 Å². The van der Waals surface area contributed by atoms with Crippen LogP contribution >= 0.6 is 0 Å². The Kier molecular flexibility index (Phi) is 7.15. The molecule has 0 saturated heterocycles.